The van der Waals surface area contributed by atoms with Gasteiger partial charge < -0.3 is 15.3 Å². The topological polar surface area (TPSA) is 87.7 Å². The van der Waals surface area contributed by atoms with Crippen LogP contribution in [0, 0.1) is 13.8 Å². The number of hydrogen-bond acceptors (Lipinski definition) is 5. The maximum atomic E-state index is 12.4. The number of aryl methyl sites for hydroxylation is 2. The van der Waals surface area contributed by atoms with Gasteiger partial charge in [-0.3, -0.25) is 0 Å². The van der Waals surface area contributed by atoms with Crippen LogP contribution in [0.3, 0.4) is 0 Å². The first kappa shape index (κ1) is 17.8. The van der Waals surface area contributed by atoms with Gasteiger partial charge in [-0.2, -0.15) is 0 Å². The van der Waals surface area contributed by atoms with Crippen molar-refractivity contribution in [3.8, 4) is 11.5 Å². The molecule has 0 aliphatic heterocycles. The van der Waals surface area contributed by atoms with Gasteiger partial charge in [0.05, 0.1) is 17.7 Å². The van der Waals surface area contributed by atoms with Crippen molar-refractivity contribution in [2.24, 2.45) is 0 Å². The van der Waals surface area contributed by atoms with Gasteiger partial charge in [0, 0.05) is 11.6 Å². The minimum atomic E-state index is -3.77. The van der Waals surface area contributed by atoms with Gasteiger partial charge in [0.1, 0.15) is 11.5 Å². The second kappa shape index (κ2) is 6.94. The zero-order chi connectivity index (χ0) is 17.9. The number of sulfonamides is 1. The van der Waals surface area contributed by atoms with Crippen LogP contribution < -0.4 is 15.0 Å². The lowest BCUT2D eigenvalue weighted by Gasteiger charge is -2.14. The zero-order valence-electron chi connectivity index (χ0n) is 13.8. The average molecular weight is 348 g/mol. The van der Waals surface area contributed by atoms with Crippen LogP contribution in [-0.4, -0.2) is 20.6 Å². The standard InChI is InChI=1S/C17H20N2O4S/c1-11-5-6-12(2)17(9-11)24(21,22)19-18-13(3)15-8-7-14(23-4)10-16(15)20/h5-10,18-20H,3H2,1-2,4H3. The Morgan fingerprint density at radius 3 is 2.50 bits per heavy atom. The van der Waals surface area contributed by atoms with E-state index < -0.39 is 10.0 Å². The Bertz CT molecular complexity index is 876. The molecule has 24 heavy (non-hydrogen) atoms. The van der Waals surface area contributed by atoms with Gasteiger partial charge in [0.2, 0.25) is 0 Å². The third kappa shape index (κ3) is 3.87. The Hall–Kier alpha value is -2.51. The van der Waals surface area contributed by atoms with Gasteiger partial charge in [-0.05, 0) is 43.2 Å². The third-order valence-electron chi connectivity index (χ3n) is 3.50. The Balaban J connectivity index is 2.17. The van der Waals surface area contributed by atoms with Crippen molar-refractivity contribution in [3.63, 3.8) is 0 Å². The van der Waals surface area contributed by atoms with Gasteiger partial charge in [0.25, 0.3) is 10.0 Å². The Morgan fingerprint density at radius 1 is 1.17 bits per heavy atom. The lowest BCUT2D eigenvalue weighted by molar-refractivity contribution is 0.407. The molecule has 0 fully saturated rings. The summed E-state index contributed by atoms with van der Waals surface area (Å²) in [5, 5.41) is 9.96. The molecule has 0 amide bonds. The van der Waals surface area contributed by atoms with Crippen molar-refractivity contribution >= 4 is 15.7 Å². The minimum Gasteiger partial charge on any atom is -0.507 e. The van der Waals surface area contributed by atoms with Crippen molar-refractivity contribution in [1.29, 1.82) is 0 Å². The summed E-state index contributed by atoms with van der Waals surface area (Å²) in [6.45, 7) is 7.28. The van der Waals surface area contributed by atoms with Crippen molar-refractivity contribution < 1.29 is 18.3 Å². The number of ether oxygens (including phenoxy) is 1. The molecule has 3 N–H and O–H groups in total. The minimum absolute atomic E-state index is 0.0715. The summed E-state index contributed by atoms with van der Waals surface area (Å²) in [4.78, 5) is 2.46. The number of hydrogen-bond donors (Lipinski definition) is 3. The lowest BCUT2D eigenvalue weighted by atomic mass is 10.1. The summed E-state index contributed by atoms with van der Waals surface area (Å²) in [5.74, 6) is 0.415. The van der Waals surface area contributed by atoms with E-state index in [0.29, 0.717) is 16.9 Å². The molecule has 0 aromatic heterocycles. The van der Waals surface area contributed by atoms with Crippen molar-refractivity contribution in [1.82, 2.24) is 10.3 Å². The summed E-state index contributed by atoms with van der Waals surface area (Å²) < 4.78 is 29.9. The molecule has 0 aliphatic rings. The molecule has 7 heteroatoms. The van der Waals surface area contributed by atoms with Crippen LogP contribution in [0.5, 0.6) is 11.5 Å². The van der Waals surface area contributed by atoms with Gasteiger partial charge in [0.15, 0.2) is 0 Å². The second-order valence-corrected chi connectivity index (χ2v) is 7.01. The number of rotatable bonds is 6. The van der Waals surface area contributed by atoms with E-state index in [1.807, 2.05) is 13.0 Å². The van der Waals surface area contributed by atoms with E-state index in [2.05, 4.69) is 16.8 Å². The zero-order valence-corrected chi connectivity index (χ0v) is 14.6. The third-order valence-corrected chi connectivity index (χ3v) is 4.89. The number of nitrogens with one attached hydrogen (secondary N) is 2. The maximum Gasteiger partial charge on any atom is 0.257 e. The first-order valence-corrected chi connectivity index (χ1v) is 8.64. The predicted molar refractivity (Wildman–Crippen MR) is 93.1 cm³/mol. The summed E-state index contributed by atoms with van der Waals surface area (Å²) in [6.07, 6.45) is 0. The quantitative estimate of drug-likeness (QED) is 0.698. The number of phenols is 1. The highest BCUT2D eigenvalue weighted by Gasteiger charge is 2.17. The first-order chi connectivity index (χ1) is 11.2. The molecule has 0 radical (unpaired) electrons. The Labute approximate surface area is 141 Å². The highest BCUT2D eigenvalue weighted by atomic mass is 32.2. The number of aromatic hydroxyl groups is 1. The van der Waals surface area contributed by atoms with E-state index >= 15 is 0 Å². The van der Waals surface area contributed by atoms with Gasteiger partial charge in [-0.25, -0.2) is 8.42 Å². The molecule has 0 atom stereocenters. The summed E-state index contributed by atoms with van der Waals surface area (Å²) in [6, 6.07) is 9.81. The van der Waals surface area contributed by atoms with E-state index in [-0.39, 0.29) is 16.3 Å². The first-order valence-electron chi connectivity index (χ1n) is 7.16. The normalized spacial score (nSPS) is 11.1. The number of phenolic OH excluding ortho intramolecular Hbond substituents is 1. The van der Waals surface area contributed by atoms with E-state index in [1.165, 1.54) is 13.2 Å². The fraction of sp³-hybridized carbons (Fsp3) is 0.176. The second-order valence-electron chi connectivity index (χ2n) is 5.36. The van der Waals surface area contributed by atoms with Crippen LogP contribution in [0.1, 0.15) is 16.7 Å². The maximum absolute atomic E-state index is 12.4. The smallest absolute Gasteiger partial charge is 0.257 e. The highest BCUT2D eigenvalue weighted by molar-refractivity contribution is 7.89. The van der Waals surface area contributed by atoms with Gasteiger partial charge >= 0.3 is 0 Å². The van der Waals surface area contributed by atoms with Crippen LogP contribution >= 0.6 is 0 Å². The molecule has 0 saturated heterocycles. The molecule has 0 aliphatic carbocycles. The molecule has 0 bridgehead atoms. The van der Waals surface area contributed by atoms with E-state index in [9.17, 15) is 13.5 Å². The molecule has 2 aromatic rings. The molecule has 2 rings (SSSR count). The van der Waals surface area contributed by atoms with E-state index in [1.54, 1.807) is 31.2 Å². The van der Waals surface area contributed by atoms with Crippen LogP contribution in [0.4, 0.5) is 0 Å². The highest BCUT2D eigenvalue weighted by Crippen LogP contribution is 2.27. The van der Waals surface area contributed by atoms with Crippen LogP contribution in [0.15, 0.2) is 47.9 Å². The molecule has 128 valence electrons. The number of benzene rings is 2. The number of hydrazine groups is 1. The molecule has 6 nitrogen and oxygen atoms in total. The van der Waals surface area contributed by atoms with Gasteiger partial charge in [-0.15, -0.1) is 4.83 Å². The van der Waals surface area contributed by atoms with Gasteiger partial charge in [-0.1, -0.05) is 18.7 Å². The molecule has 0 heterocycles. The van der Waals surface area contributed by atoms with Crippen molar-refractivity contribution in [2.75, 3.05) is 7.11 Å². The monoisotopic (exact) mass is 348 g/mol. The Morgan fingerprint density at radius 2 is 1.88 bits per heavy atom. The fourth-order valence-electron chi connectivity index (χ4n) is 2.14. The summed E-state index contributed by atoms with van der Waals surface area (Å²) >= 11 is 0. The van der Waals surface area contributed by atoms with E-state index in [4.69, 9.17) is 4.74 Å². The lowest BCUT2D eigenvalue weighted by Crippen LogP contribution is -2.36. The van der Waals surface area contributed by atoms with Crippen molar-refractivity contribution in [3.05, 3.63) is 59.7 Å². The summed E-state index contributed by atoms with van der Waals surface area (Å²) in [7, 11) is -2.28. The average Bonchev–Trinajstić information content (AvgIpc) is 2.54. The molecular formula is C17H20N2O4S. The largest absolute Gasteiger partial charge is 0.507 e. The Kier molecular flexibility index (Phi) is 5.16. The van der Waals surface area contributed by atoms with Crippen molar-refractivity contribution in [2.45, 2.75) is 18.7 Å². The molecule has 0 spiro atoms. The van der Waals surface area contributed by atoms with E-state index in [0.717, 1.165) is 5.56 Å². The predicted octanol–water partition coefficient (Wildman–Crippen LogP) is 2.47. The van der Waals surface area contributed by atoms with Crippen LogP contribution in [0.25, 0.3) is 5.70 Å². The fourth-order valence-corrected chi connectivity index (χ4v) is 3.34. The van der Waals surface area contributed by atoms with Crippen LogP contribution in [-0.2, 0) is 10.0 Å². The van der Waals surface area contributed by atoms with Crippen LogP contribution in [0.2, 0.25) is 0 Å². The molecule has 0 unspecified atom stereocenters. The summed E-state index contributed by atoms with van der Waals surface area (Å²) in [5.41, 5.74) is 4.57. The SMILES string of the molecule is C=C(NNS(=O)(=O)c1cc(C)ccc1C)c1ccc(OC)cc1O. The number of methoxy groups -OCH3 is 1. The molecular weight excluding hydrogens is 328 g/mol. The molecule has 0 saturated carbocycles. The molecule has 2 aromatic carbocycles.